The van der Waals surface area contributed by atoms with E-state index >= 15 is 0 Å². The Kier molecular flexibility index (Phi) is 5.42. The Hall–Kier alpha value is -1.76. The first-order valence-electron chi connectivity index (χ1n) is 8.96. The molecular formula is C23H32O. The molecule has 0 saturated heterocycles. The van der Waals surface area contributed by atoms with Crippen molar-refractivity contribution < 1.29 is 5.11 Å². The summed E-state index contributed by atoms with van der Waals surface area (Å²) in [5.41, 5.74) is 3.29. The molecule has 0 aromatic heterocycles. The van der Waals surface area contributed by atoms with Crippen molar-refractivity contribution in [1.29, 1.82) is 0 Å². The summed E-state index contributed by atoms with van der Waals surface area (Å²) in [5.74, 6) is 0.944. The van der Waals surface area contributed by atoms with Crippen molar-refractivity contribution >= 4 is 0 Å². The predicted octanol–water partition coefficient (Wildman–Crippen LogP) is 6.22. The molecule has 130 valence electrons. The van der Waals surface area contributed by atoms with Gasteiger partial charge in [0.1, 0.15) is 5.75 Å². The highest BCUT2D eigenvalue weighted by Gasteiger charge is 2.25. The molecule has 0 heterocycles. The monoisotopic (exact) mass is 324 g/mol. The maximum absolute atomic E-state index is 10.9. The van der Waals surface area contributed by atoms with Gasteiger partial charge in [-0.2, -0.15) is 0 Å². The number of hydrogen-bond acceptors (Lipinski definition) is 1. The third-order valence-electron chi connectivity index (χ3n) is 4.62. The lowest BCUT2D eigenvalue weighted by Crippen LogP contribution is -2.18. The molecule has 0 saturated carbocycles. The lowest BCUT2D eigenvalue weighted by Gasteiger charge is -2.28. The maximum atomic E-state index is 10.9. The molecule has 1 nitrogen and oxygen atoms in total. The average molecular weight is 325 g/mol. The van der Waals surface area contributed by atoms with Crippen LogP contribution in [0.15, 0.2) is 48.6 Å². The van der Waals surface area contributed by atoms with Gasteiger partial charge in [0.2, 0.25) is 0 Å². The summed E-state index contributed by atoms with van der Waals surface area (Å²) < 4.78 is 0. The minimum atomic E-state index is -0.0597. The van der Waals surface area contributed by atoms with Crippen molar-refractivity contribution in [2.24, 2.45) is 5.92 Å². The van der Waals surface area contributed by atoms with Gasteiger partial charge in [-0.15, -0.1) is 0 Å². The molecule has 0 spiro atoms. The van der Waals surface area contributed by atoms with E-state index in [1.807, 2.05) is 0 Å². The Morgan fingerprint density at radius 2 is 1.62 bits per heavy atom. The largest absolute Gasteiger partial charge is 0.507 e. The summed E-state index contributed by atoms with van der Waals surface area (Å²) in [7, 11) is 0. The van der Waals surface area contributed by atoms with Crippen molar-refractivity contribution in [3.05, 3.63) is 65.3 Å². The Bertz CT molecular complexity index is 661. The van der Waals surface area contributed by atoms with Gasteiger partial charge >= 0.3 is 0 Å². The van der Waals surface area contributed by atoms with Gasteiger partial charge in [0.15, 0.2) is 0 Å². The summed E-state index contributed by atoms with van der Waals surface area (Å²) in [6.45, 7) is 13.1. The molecule has 1 unspecified atom stereocenters. The summed E-state index contributed by atoms with van der Waals surface area (Å²) in [6.07, 6.45) is 14.9. The first-order valence-corrected chi connectivity index (χ1v) is 8.96. The van der Waals surface area contributed by atoms with E-state index in [9.17, 15) is 5.11 Å². The van der Waals surface area contributed by atoms with Crippen LogP contribution in [0.5, 0.6) is 5.75 Å². The van der Waals surface area contributed by atoms with E-state index < -0.39 is 0 Å². The van der Waals surface area contributed by atoms with Gasteiger partial charge < -0.3 is 5.11 Å². The van der Waals surface area contributed by atoms with Gasteiger partial charge in [-0.1, -0.05) is 90.1 Å². The van der Waals surface area contributed by atoms with E-state index in [4.69, 9.17) is 0 Å². The zero-order valence-electron chi connectivity index (χ0n) is 16.1. The zero-order chi connectivity index (χ0) is 18.0. The van der Waals surface area contributed by atoms with E-state index in [1.54, 1.807) is 0 Å². The highest BCUT2D eigenvalue weighted by Crippen LogP contribution is 2.39. The predicted molar refractivity (Wildman–Crippen MR) is 105 cm³/mol. The standard InChI is InChI=1S/C23H32O/c1-22(2,3)19-15-16-20(23(4,5)6)21(24)18(19)14-10-13-17-11-8-7-9-12-17/h7-11,13,15-17,24H,12,14H2,1-6H3. The van der Waals surface area contributed by atoms with Crippen molar-refractivity contribution in [1.82, 2.24) is 0 Å². The van der Waals surface area contributed by atoms with Crippen molar-refractivity contribution in [3.8, 4) is 5.75 Å². The quantitative estimate of drug-likeness (QED) is 0.654. The lowest BCUT2D eigenvalue weighted by molar-refractivity contribution is 0.436. The van der Waals surface area contributed by atoms with Gasteiger partial charge in [0.05, 0.1) is 0 Å². The molecule has 24 heavy (non-hydrogen) atoms. The molecule has 0 amide bonds. The van der Waals surface area contributed by atoms with Crippen LogP contribution in [0.1, 0.15) is 64.7 Å². The number of allylic oxidation sites excluding steroid dienone is 6. The molecule has 1 aliphatic carbocycles. The van der Waals surface area contributed by atoms with E-state index in [0.29, 0.717) is 11.7 Å². The number of rotatable bonds is 3. The van der Waals surface area contributed by atoms with Gasteiger partial charge in [-0.25, -0.2) is 0 Å². The Morgan fingerprint density at radius 1 is 1.00 bits per heavy atom. The van der Waals surface area contributed by atoms with E-state index in [0.717, 1.165) is 24.0 Å². The second-order valence-electron chi connectivity index (χ2n) is 8.83. The van der Waals surface area contributed by atoms with Crippen molar-refractivity contribution in [2.75, 3.05) is 0 Å². The molecule has 0 bridgehead atoms. The van der Waals surface area contributed by atoms with Gasteiger partial charge in [0.25, 0.3) is 0 Å². The molecule has 0 radical (unpaired) electrons. The number of phenolic OH excluding ortho intramolecular Hbond substituents is 1. The highest BCUT2D eigenvalue weighted by molar-refractivity contribution is 5.51. The second kappa shape index (κ2) is 7.01. The summed E-state index contributed by atoms with van der Waals surface area (Å²) in [5, 5.41) is 10.9. The highest BCUT2D eigenvalue weighted by atomic mass is 16.3. The molecule has 1 aliphatic rings. The van der Waals surface area contributed by atoms with Crippen LogP contribution in [0.4, 0.5) is 0 Å². The van der Waals surface area contributed by atoms with Crippen LogP contribution in [-0.2, 0) is 17.3 Å². The third-order valence-corrected chi connectivity index (χ3v) is 4.62. The van der Waals surface area contributed by atoms with Crippen molar-refractivity contribution in [3.63, 3.8) is 0 Å². The average Bonchev–Trinajstić information content (AvgIpc) is 2.47. The molecule has 1 atom stereocenters. The van der Waals surface area contributed by atoms with Crippen LogP contribution in [-0.4, -0.2) is 5.11 Å². The first kappa shape index (κ1) is 18.6. The molecule has 1 N–H and O–H groups in total. The topological polar surface area (TPSA) is 20.2 Å². The molecule has 0 aliphatic heterocycles. The SMILES string of the molecule is CC(C)(C)c1ccc(C(C)(C)C)c(CC=CC2C=CC=CC2)c1O. The number of benzene rings is 1. The van der Waals surface area contributed by atoms with E-state index in [-0.39, 0.29) is 10.8 Å². The van der Waals surface area contributed by atoms with Crippen LogP contribution in [0.3, 0.4) is 0 Å². The molecule has 2 rings (SSSR count). The smallest absolute Gasteiger partial charge is 0.123 e. The first-order chi connectivity index (χ1) is 11.1. The zero-order valence-corrected chi connectivity index (χ0v) is 16.1. The summed E-state index contributed by atoms with van der Waals surface area (Å²) in [6, 6.07) is 4.30. The van der Waals surface area contributed by atoms with Gasteiger partial charge in [-0.3, -0.25) is 0 Å². The Labute approximate surface area is 147 Å². The second-order valence-corrected chi connectivity index (χ2v) is 8.83. The normalized spacial score (nSPS) is 18.5. The maximum Gasteiger partial charge on any atom is 0.123 e. The molecular weight excluding hydrogens is 292 g/mol. The fourth-order valence-corrected chi connectivity index (χ4v) is 3.25. The number of phenols is 1. The van der Waals surface area contributed by atoms with E-state index in [2.05, 4.69) is 90.1 Å². The summed E-state index contributed by atoms with van der Waals surface area (Å²) >= 11 is 0. The lowest BCUT2D eigenvalue weighted by atomic mass is 9.78. The van der Waals surface area contributed by atoms with Crippen LogP contribution < -0.4 is 0 Å². The van der Waals surface area contributed by atoms with Crippen LogP contribution in [0, 0.1) is 5.92 Å². The molecule has 1 aromatic rings. The summed E-state index contributed by atoms with van der Waals surface area (Å²) in [4.78, 5) is 0. The van der Waals surface area contributed by atoms with Crippen LogP contribution in [0.2, 0.25) is 0 Å². The van der Waals surface area contributed by atoms with Crippen molar-refractivity contribution in [2.45, 2.75) is 65.2 Å². The number of hydrogen-bond donors (Lipinski definition) is 1. The Balaban J connectivity index is 2.36. The van der Waals surface area contributed by atoms with Crippen LogP contribution >= 0.6 is 0 Å². The fraction of sp³-hybridized carbons (Fsp3) is 0.478. The molecule has 1 heteroatoms. The Morgan fingerprint density at radius 3 is 2.17 bits per heavy atom. The molecule has 0 fully saturated rings. The number of aromatic hydroxyl groups is 1. The van der Waals surface area contributed by atoms with Gasteiger partial charge in [0, 0.05) is 5.56 Å². The third kappa shape index (κ3) is 4.41. The fourth-order valence-electron chi connectivity index (χ4n) is 3.25. The molecule has 1 aromatic carbocycles. The minimum Gasteiger partial charge on any atom is -0.507 e. The van der Waals surface area contributed by atoms with Crippen LogP contribution in [0.25, 0.3) is 0 Å². The minimum absolute atomic E-state index is 0.0184. The van der Waals surface area contributed by atoms with Gasteiger partial charge in [-0.05, 0) is 40.7 Å². The van der Waals surface area contributed by atoms with E-state index in [1.165, 1.54) is 5.56 Å².